The molecular weight excluding hydrogens is 953 g/mol. The molecule has 15 atom stereocenters. The van der Waals surface area contributed by atoms with Crippen LogP contribution in [0.2, 0.25) is 0 Å². The molecule has 1 aromatic heterocycles. The molecule has 74 heavy (non-hydrogen) atoms. The van der Waals surface area contributed by atoms with Gasteiger partial charge in [0.1, 0.15) is 35.8 Å². The number of methoxy groups -OCH3 is 3. The van der Waals surface area contributed by atoms with Crippen LogP contribution in [0.5, 0.6) is 0 Å². The highest BCUT2D eigenvalue weighted by Crippen LogP contribution is 2.38. The van der Waals surface area contributed by atoms with E-state index in [4.69, 9.17) is 33.2 Å². The molecule has 3 aliphatic heterocycles. The number of carbonyl (C=O) groups is 5. The van der Waals surface area contributed by atoms with Gasteiger partial charge in [-0.15, -0.1) is 0 Å². The first-order valence-electron chi connectivity index (χ1n) is 26.8. The highest BCUT2D eigenvalue weighted by atomic mass is 16.6. The van der Waals surface area contributed by atoms with Gasteiger partial charge in [0.25, 0.3) is 11.7 Å². The monoisotopic (exact) mass is 1040 g/mol. The number of hydrogen-bond donors (Lipinski definition) is 3. The fourth-order valence-corrected chi connectivity index (χ4v) is 11.0. The largest absolute Gasteiger partial charge is 0.460 e. The summed E-state index contributed by atoms with van der Waals surface area (Å²) < 4.78 is 41.8. The van der Waals surface area contributed by atoms with Crippen molar-refractivity contribution in [3.05, 3.63) is 59.5 Å². The zero-order chi connectivity index (χ0) is 54.1. The molecule has 0 spiro atoms. The van der Waals surface area contributed by atoms with E-state index in [0.29, 0.717) is 82.5 Å². The third kappa shape index (κ3) is 16.6. The van der Waals surface area contributed by atoms with E-state index in [9.17, 15) is 34.2 Å². The van der Waals surface area contributed by atoms with Crippen molar-refractivity contribution < 1.29 is 67.3 Å². The topological polar surface area (TPSA) is 235 Å². The summed E-state index contributed by atoms with van der Waals surface area (Å²) in [5.74, 6) is -7.99. The molecule has 1 aliphatic carbocycles. The number of fused-ring (bicyclic) bond motifs is 3. The molecule has 0 radical (unpaired) electrons. The van der Waals surface area contributed by atoms with Crippen LogP contribution in [0.3, 0.4) is 0 Å². The molecule has 18 heteroatoms. The van der Waals surface area contributed by atoms with E-state index in [2.05, 4.69) is 15.4 Å². The molecule has 2 saturated heterocycles. The van der Waals surface area contributed by atoms with E-state index in [1.807, 2.05) is 58.1 Å². The van der Waals surface area contributed by atoms with Gasteiger partial charge in [-0.1, -0.05) is 71.1 Å². The molecular formula is C56H86N4O14. The number of ether oxygens (including phenoxy) is 7. The number of aliphatic hydroxyl groups excluding tert-OH is 1. The van der Waals surface area contributed by atoms with Crippen molar-refractivity contribution in [1.29, 1.82) is 0 Å². The van der Waals surface area contributed by atoms with Crippen molar-refractivity contribution in [2.75, 3.05) is 41.1 Å². The van der Waals surface area contributed by atoms with Crippen LogP contribution in [-0.4, -0.2) is 155 Å². The lowest BCUT2D eigenvalue weighted by Crippen LogP contribution is -2.61. The van der Waals surface area contributed by atoms with Gasteiger partial charge in [0, 0.05) is 58.5 Å². The summed E-state index contributed by atoms with van der Waals surface area (Å²) in [6.07, 6.45) is 13.6. The number of carbonyl (C=O) groups excluding carboxylic acids is 5. The predicted molar refractivity (Wildman–Crippen MR) is 275 cm³/mol. The lowest BCUT2D eigenvalue weighted by Gasteiger charge is -2.42. The molecule has 1 amide bonds. The van der Waals surface area contributed by atoms with Crippen LogP contribution in [0.4, 0.5) is 0 Å². The van der Waals surface area contributed by atoms with Gasteiger partial charge in [-0.25, -0.2) is 4.79 Å². The second kappa shape index (κ2) is 29.3. The molecule has 414 valence electrons. The minimum absolute atomic E-state index is 0.0121. The van der Waals surface area contributed by atoms with Crippen LogP contribution in [0.15, 0.2) is 53.8 Å². The van der Waals surface area contributed by atoms with Gasteiger partial charge in [-0.2, -0.15) is 15.4 Å². The summed E-state index contributed by atoms with van der Waals surface area (Å²) in [6.45, 7) is 13.9. The average Bonchev–Trinajstić information content (AvgIpc) is 3.91. The number of Topliss-reactive ketones (excluding diaryl/α,β-unsaturated/α-hetero) is 3. The normalized spacial score (nSPS) is 35.8. The van der Waals surface area contributed by atoms with Crippen molar-refractivity contribution in [2.24, 2.45) is 35.5 Å². The summed E-state index contributed by atoms with van der Waals surface area (Å²) in [6, 6.07) is -1.15. The molecule has 2 bridgehead atoms. The van der Waals surface area contributed by atoms with Gasteiger partial charge in [0.15, 0.2) is 5.78 Å². The minimum Gasteiger partial charge on any atom is -0.460 e. The zero-order valence-corrected chi connectivity index (χ0v) is 45.6. The first-order chi connectivity index (χ1) is 35.3. The highest BCUT2D eigenvalue weighted by molar-refractivity contribution is 6.39. The van der Waals surface area contributed by atoms with E-state index in [1.54, 1.807) is 47.3 Å². The van der Waals surface area contributed by atoms with Gasteiger partial charge in [0.05, 0.1) is 50.4 Å². The third-order valence-electron chi connectivity index (χ3n) is 15.7. The van der Waals surface area contributed by atoms with Crippen molar-refractivity contribution >= 4 is 29.2 Å². The summed E-state index contributed by atoms with van der Waals surface area (Å²) in [5, 5.41) is 33.9. The molecule has 3 fully saturated rings. The van der Waals surface area contributed by atoms with Gasteiger partial charge >= 0.3 is 5.97 Å². The fraction of sp³-hybridized carbons (Fsp3) is 0.732. The minimum atomic E-state index is -2.44. The van der Waals surface area contributed by atoms with Crippen LogP contribution in [0.25, 0.3) is 0 Å². The van der Waals surface area contributed by atoms with Crippen molar-refractivity contribution in [3.63, 3.8) is 0 Å². The third-order valence-corrected chi connectivity index (χ3v) is 15.7. The predicted octanol–water partition coefficient (Wildman–Crippen LogP) is 6.54. The molecule has 1 aromatic rings. The van der Waals surface area contributed by atoms with E-state index < -0.39 is 77.8 Å². The van der Waals surface area contributed by atoms with Gasteiger partial charge < -0.3 is 48.3 Å². The number of piperidine rings is 1. The van der Waals surface area contributed by atoms with E-state index in [-0.39, 0.29) is 60.9 Å². The molecule has 4 aliphatic rings. The summed E-state index contributed by atoms with van der Waals surface area (Å²) in [5.41, 5.74) is 1.96. The average molecular weight is 1040 g/mol. The van der Waals surface area contributed by atoms with Crippen LogP contribution in [0, 0.1) is 35.5 Å². The molecule has 18 nitrogen and oxygen atoms in total. The number of cyclic esters (lactones) is 1. The number of H-pyrrole nitrogens is 1. The SMILES string of the molecule is CO[C@H]1C[C@@H]2CC[C@@H](C)[C@@](O)(O2)C(=O)C(=O)N2CCCC[C@H]2C(=O)O[C@H]([C@H](C)C[C@@H]2CC[C@@H](OCCOCc3cn[nH]n3)[C@H](OC)C2)CC(=O)[C@H](C)/C=C(\C)[C@@H](O)[C@@H](OC)C(=O)[C@H](C)C[C@H](C)/C=C/C=CC=C1C. The maximum absolute atomic E-state index is 14.6. The van der Waals surface area contributed by atoms with Crippen molar-refractivity contribution in [3.8, 4) is 0 Å². The Morgan fingerprint density at radius 1 is 0.878 bits per heavy atom. The van der Waals surface area contributed by atoms with E-state index >= 15 is 0 Å². The van der Waals surface area contributed by atoms with E-state index in [1.165, 1.54) is 12.0 Å². The molecule has 4 heterocycles. The maximum atomic E-state index is 14.6. The maximum Gasteiger partial charge on any atom is 0.329 e. The number of aromatic nitrogens is 3. The number of esters is 1. The number of aromatic amines is 1. The van der Waals surface area contributed by atoms with Crippen LogP contribution < -0.4 is 0 Å². The van der Waals surface area contributed by atoms with Gasteiger partial charge in [-0.05, 0) is 107 Å². The quantitative estimate of drug-likeness (QED) is 0.0872. The lowest BCUT2D eigenvalue weighted by molar-refractivity contribution is -0.265. The summed E-state index contributed by atoms with van der Waals surface area (Å²) in [4.78, 5) is 72.6. The Morgan fingerprint density at radius 3 is 2.35 bits per heavy atom. The molecule has 5 rings (SSSR count). The van der Waals surface area contributed by atoms with Crippen LogP contribution >= 0.6 is 0 Å². The molecule has 3 N–H and O–H groups in total. The van der Waals surface area contributed by atoms with Crippen LogP contribution in [-0.2, 0) is 63.7 Å². The summed E-state index contributed by atoms with van der Waals surface area (Å²) >= 11 is 0. The zero-order valence-electron chi connectivity index (χ0n) is 45.6. The first-order valence-corrected chi connectivity index (χ1v) is 26.8. The number of allylic oxidation sites excluding steroid dienone is 6. The Hall–Kier alpha value is -4.27. The Morgan fingerprint density at radius 2 is 1.65 bits per heavy atom. The van der Waals surface area contributed by atoms with E-state index in [0.717, 1.165) is 18.4 Å². The number of nitrogens with zero attached hydrogens (tertiary/aromatic N) is 3. The fourth-order valence-electron chi connectivity index (χ4n) is 11.0. The Labute approximate surface area is 438 Å². The van der Waals surface area contributed by atoms with Gasteiger partial charge in [0.2, 0.25) is 5.79 Å². The standard InChI is InChI=1S/C56H86N4O14/c1-34-16-12-11-13-17-35(2)47(68-8)30-43-21-19-40(7)56(67,74-43)53(64)54(65)60-23-15-14-18-44(60)55(66)73-48(31-45(61)36(3)27-39(6)51(63)52(70-10)50(62)38(5)26-34)37(4)28-41-20-22-46(49(29-41)69-9)72-25-24-71-33-42-32-57-59-58-42/h11-13,16-17,27,32,34,36-38,40-41,43-44,46-49,51-52,63,67H,14-15,18-26,28-31,33H2,1-10H3,(H,57,58,59)/b13-11?,16-12+,35-17?,39-27+/t34-,36-,37-,38-,40-,41+,43+,44+,46-,47+,48+,49-,51-,52+,56-/m1/s1. The number of nitrogens with one attached hydrogen (secondary N) is 1. The first kappa shape index (κ1) is 60.6. The number of aliphatic hydroxyl groups is 2. The van der Waals surface area contributed by atoms with Crippen molar-refractivity contribution in [1.82, 2.24) is 20.3 Å². The number of ketones is 3. The second-order valence-electron chi connectivity index (χ2n) is 21.4. The van der Waals surface area contributed by atoms with Crippen LogP contribution in [0.1, 0.15) is 131 Å². The number of rotatable bonds is 12. The Kier molecular flexibility index (Phi) is 24.0. The Bertz CT molecular complexity index is 2110. The number of hydrogen-bond acceptors (Lipinski definition) is 16. The molecule has 1 saturated carbocycles. The van der Waals surface area contributed by atoms with Crippen molar-refractivity contribution in [2.45, 2.75) is 187 Å². The molecule has 0 aromatic carbocycles. The Balaban J connectivity index is 1.40. The second-order valence-corrected chi connectivity index (χ2v) is 21.4. The lowest BCUT2D eigenvalue weighted by atomic mass is 9.78. The number of amides is 1. The molecule has 0 unspecified atom stereocenters. The van der Waals surface area contributed by atoms with Gasteiger partial charge in [-0.3, -0.25) is 19.2 Å². The summed E-state index contributed by atoms with van der Waals surface area (Å²) in [7, 11) is 4.62. The smallest absolute Gasteiger partial charge is 0.329 e. The highest BCUT2D eigenvalue weighted by Gasteiger charge is 2.53.